The molecular weight excluding hydrogens is 450 g/mol. The van der Waals surface area contributed by atoms with Gasteiger partial charge in [0.1, 0.15) is 18.0 Å². The molecule has 2 amide bonds. The fraction of sp³-hybridized carbons (Fsp3) is 0.593. The average molecular weight is 488 g/mol. The van der Waals surface area contributed by atoms with Crippen LogP contribution in [-0.4, -0.2) is 48.7 Å². The lowest BCUT2D eigenvalue weighted by molar-refractivity contribution is -0.145. The normalized spacial score (nSPS) is 29.3. The number of piperidine rings is 1. The predicted octanol–water partition coefficient (Wildman–Crippen LogP) is 3.40. The van der Waals surface area contributed by atoms with Crippen molar-refractivity contribution in [2.75, 3.05) is 7.11 Å². The van der Waals surface area contributed by atoms with Gasteiger partial charge in [0.05, 0.1) is 5.92 Å². The summed E-state index contributed by atoms with van der Waals surface area (Å²) in [6.45, 7) is 5.23. The van der Waals surface area contributed by atoms with Crippen molar-refractivity contribution in [1.82, 2.24) is 5.32 Å². The van der Waals surface area contributed by atoms with Gasteiger partial charge in [-0.2, -0.15) is 0 Å². The molecule has 0 aromatic heterocycles. The number of hydrogen-bond acceptors (Lipinski definition) is 7. The van der Waals surface area contributed by atoms with E-state index in [9.17, 15) is 24.0 Å². The van der Waals surface area contributed by atoms with E-state index in [4.69, 9.17) is 9.47 Å². The number of nitrogens with one attached hydrogen (secondary N) is 1. The van der Waals surface area contributed by atoms with E-state index in [0.717, 1.165) is 0 Å². The second kappa shape index (κ2) is 13.9. The van der Waals surface area contributed by atoms with Gasteiger partial charge >= 0.3 is 5.97 Å². The molecule has 0 spiro atoms. The van der Waals surface area contributed by atoms with Crippen molar-refractivity contribution in [2.45, 2.75) is 77.9 Å². The highest BCUT2D eigenvalue weighted by Crippen LogP contribution is 2.25. The Morgan fingerprint density at radius 3 is 2.46 bits per heavy atom. The molecule has 0 saturated carbocycles. The van der Waals surface area contributed by atoms with E-state index < -0.39 is 30.0 Å². The molecule has 0 bridgehead atoms. The summed E-state index contributed by atoms with van der Waals surface area (Å²) in [5.41, 5.74) is 0.624. The number of Topliss-reactive ketones (excluding diaryl/α,β-unsaturated/α-hetero) is 2. The third-order valence-corrected chi connectivity index (χ3v) is 6.48. The maximum absolute atomic E-state index is 13.0. The largest absolute Gasteiger partial charge is 0.454 e. The van der Waals surface area contributed by atoms with E-state index in [1.807, 2.05) is 6.08 Å². The number of ether oxygens (including phenoxy) is 2. The lowest BCUT2D eigenvalue weighted by Gasteiger charge is -2.25. The summed E-state index contributed by atoms with van der Waals surface area (Å²) in [4.78, 5) is 61.4. The first kappa shape index (κ1) is 28.4. The summed E-state index contributed by atoms with van der Waals surface area (Å²) in [6, 6.07) is 0. The van der Waals surface area contributed by atoms with Crippen LogP contribution in [0.15, 0.2) is 36.0 Å². The number of esters is 1. The van der Waals surface area contributed by atoms with Crippen molar-refractivity contribution in [1.29, 1.82) is 0 Å². The van der Waals surface area contributed by atoms with Gasteiger partial charge in [-0.15, -0.1) is 0 Å². The number of rotatable bonds is 7. The minimum atomic E-state index is -0.809. The zero-order chi connectivity index (χ0) is 26.0. The van der Waals surface area contributed by atoms with Crippen molar-refractivity contribution in [2.24, 2.45) is 17.8 Å². The zero-order valence-electron chi connectivity index (χ0n) is 21.1. The minimum absolute atomic E-state index is 0.0621. The van der Waals surface area contributed by atoms with Crippen molar-refractivity contribution in [3.8, 4) is 0 Å². The van der Waals surface area contributed by atoms with E-state index in [1.165, 1.54) is 13.2 Å². The molecule has 0 aliphatic carbocycles. The third-order valence-electron chi connectivity index (χ3n) is 6.48. The number of amides is 2. The highest BCUT2D eigenvalue weighted by atomic mass is 16.5. The van der Waals surface area contributed by atoms with Crippen LogP contribution < -0.4 is 5.32 Å². The number of cyclic esters (lactones) is 1. The van der Waals surface area contributed by atoms with E-state index in [-0.39, 0.29) is 48.6 Å². The molecule has 4 atom stereocenters. The number of carbonyl (C=O) groups is 5. The second-order valence-corrected chi connectivity index (χ2v) is 9.42. The molecule has 8 heteroatoms. The molecule has 1 fully saturated rings. The van der Waals surface area contributed by atoms with Crippen LogP contribution in [-0.2, 0) is 33.4 Å². The second-order valence-electron chi connectivity index (χ2n) is 9.42. The number of carbonyl (C=O) groups excluding carboxylic acids is 5. The van der Waals surface area contributed by atoms with E-state index in [2.05, 4.69) is 5.32 Å². The Morgan fingerprint density at radius 1 is 1.14 bits per heavy atom. The zero-order valence-corrected chi connectivity index (χ0v) is 21.1. The number of hydrogen-bond donors (Lipinski definition) is 1. The van der Waals surface area contributed by atoms with Crippen molar-refractivity contribution in [3.05, 3.63) is 36.0 Å². The molecule has 2 aliphatic rings. The Morgan fingerprint density at radius 2 is 1.80 bits per heavy atom. The molecule has 2 aliphatic heterocycles. The lowest BCUT2D eigenvalue weighted by Crippen LogP contribution is -2.38. The van der Waals surface area contributed by atoms with Gasteiger partial charge in [0.2, 0.25) is 11.8 Å². The Kier molecular flexibility index (Phi) is 11.2. The van der Waals surface area contributed by atoms with Gasteiger partial charge in [-0.3, -0.25) is 24.5 Å². The van der Waals surface area contributed by atoms with Gasteiger partial charge in [-0.1, -0.05) is 38.2 Å². The fourth-order valence-corrected chi connectivity index (χ4v) is 4.49. The maximum Gasteiger partial charge on any atom is 0.331 e. The standard InChI is InChI=1S/C27H37NO7/c1-17-14-18(2)27(35-25(32)13-8-6-5-7-12-22(34-4)26(17)33)19(3)21(29)11-9-10-20-15-23(30)28-24(31)16-20/h7-8,12-14,17,19-20,22,27H,5-6,9-11,15-16H2,1-4H3,(H,28,30,31)/b12-7+,13-8+,18-14-/t17-,19-,22+,27+/m1/s1. The van der Waals surface area contributed by atoms with Crippen LogP contribution in [0.5, 0.6) is 0 Å². The van der Waals surface area contributed by atoms with Gasteiger partial charge in [0.25, 0.3) is 0 Å². The van der Waals surface area contributed by atoms with Crippen LogP contribution >= 0.6 is 0 Å². The molecule has 0 unspecified atom stereocenters. The monoisotopic (exact) mass is 487 g/mol. The number of imide groups is 1. The van der Waals surface area contributed by atoms with E-state index in [0.29, 0.717) is 31.3 Å². The van der Waals surface area contributed by atoms with Crippen LogP contribution in [0.2, 0.25) is 0 Å². The van der Waals surface area contributed by atoms with Gasteiger partial charge in [0.15, 0.2) is 5.78 Å². The van der Waals surface area contributed by atoms with Crippen molar-refractivity contribution >= 4 is 29.4 Å². The number of allylic oxidation sites excluding steroid dienone is 3. The van der Waals surface area contributed by atoms with Gasteiger partial charge in [-0.25, -0.2) is 4.79 Å². The molecule has 1 N–H and O–H groups in total. The van der Waals surface area contributed by atoms with E-state index >= 15 is 0 Å². The highest BCUT2D eigenvalue weighted by molar-refractivity contribution is 5.97. The number of methoxy groups -OCH3 is 1. The first-order chi connectivity index (χ1) is 16.6. The Balaban J connectivity index is 2.12. The molecule has 35 heavy (non-hydrogen) atoms. The topological polar surface area (TPSA) is 116 Å². The third kappa shape index (κ3) is 9.02. The van der Waals surface area contributed by atoms with Crippen LogP contribution in [0.3, 0.4) is 0 Å². The van der Waals surface area contributed by atoms with E-state index in [1.54, 1.807) is 39.0 Å². The summed E-state index contributed by atoms with van der Waals surface area (Å²) in [7, 11) is 1.49. The molecule has 0 aromatic rings. The molecule has 2 rings (SSSR count). The van der Waals surface area contributed by atoms with Crippen LogP contribution in [0.4, 0.5) is 0 Å². The predicted molar refractivity (Wildman–Crippen MR) is 130 cm³/mol. The van der Waals surface area contributed by atoms with Crippen LogP contribution in [0.1, 0.15) is 65.7 Å². The molecule has 2 heterocycles. The molecule has 8 nitrogen and oxygen atoms in total. The first-order valence-corrected chi connectivity index (χ1v) is 12.3. The highest BCUT2D eigenvalue weighted by Gasteiger charge is 2.30. The number of ketones is 2. The Labute approximate surface area is 207 Å². The van der Waals surface area contributed by atoms with Crippen molar-refractivity contribution < 1.29 is 33.4 Å². The average Bonchev–Trinajstić information content (AvgIpc) is 2.79. The molecule has 0 radical (unpaired) electrons. The van der Waals surface area contributed by atoms with Crippen LogP contribution in [0, 0.1) is 17.8 Å². The quantitative estimate of drug-likeness (QED) is 0.332. The first-order valence-electron chi connectivity index (χ1n) is 12.3. The molecule has 192 valence electrons. The minimum Gasteiger partial charge on any atom is -0.454 e. The lowest BCUT2D eigenvalue weighted by atomic mass is 9.87. The van der Waals surface area contributed by atoms with Gasteiger partial charge < -0.3 is 9.47 Å². The molecular formula is C27H37NO7. The van der Waals surface area contributed by atoms with Gasteiger partial charge in [0, 0.05) is 38.4 Å². The van der Waals surface area contributed by atoms with Crippen LogP contribution in [0.25, 0.3) is 0 Å². The summed E-state index contributed by atoms with van der Waals surface area (Å²) < 4.78 is 11.0. The summed E-state index contributed by atoms with van der Waals surface area (Å²) in [5, 5.41) is 2.29. The Hall–Kier alpha value is -2.87. The maximum atomic E-state index is 13.0. The van der Waals surface area contributed by atoms with Crippen molar-refractivity contribution in [3.63, 3.8) is 0 Å². The fourth-order valence-electron chi connectivity index (χ4n) is 4.49. The Bertz CT molecular complexity index is 885. The summed E-state index contributed by atoms with van der Waals surface area (Å²) >= 11 is 0. The van der Waals surface area contributed by atoms with Gasteiger partial charge in [-0.05, 0) is 44.1 Å². The molecule has 0 aromatic carbocycles. The summed E-state index contributed by atoms with van der Waals surface area (Å²) in [5.74, 6) is -2.47. The SMILES string of the molecule is CO[C@H]1/C=C/CC/C=C/C(=O)O[C@H]([C@H](C)C(=O)CCCC2CC(=O)NC(=O)C2)/C(C)=C\[C@@H](C)C1=O. The molecule has 1 saturated heterocycles. The smallest absolute Gasteiger partial charge is 0.331 e. The summed E-state index contributed by atoms with van der Waals surface area (Å²) in [6.07, 6.45) is 10.1.